The van der Waals surface area contributed by atoms with Crippen LogP contribution in [0.15, 0.2) is 30.6 Å². The highest BCUT2D eigenvalue weighted by Gasteiger charge is 2.12. The summed E-state index contributed by atoms with van der Waals surface area (Å²) in [6.45, 7) is 1.61. The number of rotatable bonds is 3. The van der Waals surface area contributed by atoms with Crippen molar-refractivity contribution in [2.24, 2.45) is 0 Å². The molecule has 1 aromatic carbocycles. The van der Waals surface area contributed by atoms with E-state index in [1.165, 1.54) is 29.2 Å². The van der Waals surface area contributed by atoms with Crippen molar-refractivity contribution in [3.8, 4) is 5.69 Å². The van der Waals surface area contributed by atoms with Gasteiger partial charge in [0.2, 0.25) is 0 Å². The van der Waals surface area contributed by atoms with Gasteiger partial charge in [-0.15, -0.1) is 0 Å². The van der Waals surface area contributed by atoms with Gasteiger partial charge in [0.15, 0.2) is 0 Å². The molecule has 0 spiro atoms. The fourth-order valence-corrected chi connectivity index (χ4v) is 1.56. The summed E-state index contributed by atoms with van der Waals surface area (Å²) in [5.74, 6) is -1.07. The van der Waals surface area contributed by atoms with Gasteiger partial charge in [-0.25, -0.2) is 9.48 Å². The zero-order valence-electron chi connectivity index (χ0n) is 9.40. The molecule has 0 aliphatic carbocycles. The minimum atomic E-state index is -1.07. The molecule has 0 amide bonds. The maximum Gasteiger partial charge on any atom is 0.338 e. The molecular formula is C11H9N3O4. The highest BCUT2D eigenvalue weighted by atomic mass is 16.6. The van der Waals surface area contributed by atoms with Crippen LogP contribution in [0.4, 0.5) is 5.69 Å². The molecule has 0 saturated heterocycles. The Kier molecular flexibility index (Phi) is 2.80. The highest BCUT2D eigenvalue weighted by Crippen LogP contribution is 2.20. The monoisotopic (exact) mass is 247 g/mol. The molecule has 7 heteroatoms. The van der Waals surface area contributed by atoms with Crippen LogP contribution in [0.1, 0.15) is 15.9 Å². The molecule has 1 heterocycles. The third kappa shape index (κ3) is 2.05. The second-order valence-electron chi connectivity index (χ2n) is 3.71. The fraction of sp³-hybridized carbons (Fsp3) is 0.0909. The van der Waals surface area contributed by atoms with Gasteiger partial charge in [-0.3, -0.25) is 10.1 Å². The predicted molar refractivity (Wildman–Crippen MR) is 61.9 cm³/mol. The topological polar surface area (TPSA) is 98.3 Å². The number of aromatic carboxylic acids is 1. The Labute approximate surface area is 101 Å². The lowest BCUT2D eigenvalue weighted by molar-refractivity contribution is -0.385. The SMILES string of the molecule is Cc1cc(-n2cc(C(=O)O)cn2)ccc1[N+](=O)[O-]. The largest absolute Gasteiger partial charge is 0.478 e. The van der Waals surface area contributed by atoms with Crippen molar-refractivity contribution in [2.75, 3.05) is 0 Å². The molecule has 0 radical (unpaired) electrons. The van der Waals surface area contributed by atoms with Crippen molar-refractivity contribution >= 4 is 11.7 Å². The molecule has 7 nitrogen and oxygen atoms in total. The minimum absolute atomic E-state index is 0.0179. The number of carboxylic acids is 1. The number of nitrogens with zero attached hydrogens (tertiary/aromatic N) is 3. The summed E-state index contributed by atoms with van der Waals surface area (Å²) in [5.41, 5.74) is 1.14. The molecule has 0 atom stereocenters. The molecule has 0 bridgehead atoms. The number of carbonyl (C=O) groups is 1. The van der Waals surface area contributed by atoms with Crippen LogP contribution in [0.25, 0.3) is 5.69 Å². The molecular weight excluding hydrogens is 238 g/mol. The Hall–Kier alpha value is -2.70. The lowest BCUT2D eigenvalue weighted by atomic mass is 10.2. The van der Waals surface area contributed by atoms with E-state index >= 15 is 0 Å². The average molecular weight is 247 g/mol. The van der Waals surface area contributed by atoms with E-state index in [2.05, 4.69) is 5.10 Å². The maximum absolute atomic E-state index is 10.7. The lowest BCUT2D eigenvalue weighted by Gasteiger charge is -2.02. The van der Waals surface area contributed by atoms with Crippen molar-refractivity contribution in [3.05, 3.63) is 51.8 Å². The van der Waals surface area contributed by atoms with E-state index in [1.54, 1.807) is 13.0 Å². The Morgan fingerprint density at radius 2 is 2.22 bits per heavy atom. The van der Waals surface area contributed by atoms with Gasteiger partial charge in [-0.1, -0.05) is 0 Å². The van der Waals surface area contributed by atoms with Gasteiger partial charge < -0.3 is 5.11 Å². The minimum Gasteiger partial charge on any atom is -0.478 e. The van der Waals surface area contributed by atoms with Crippen molar-refractivity contribution in [2.45, 2.75) is 6.92 Å². The summed E-state index contributed by atoms with van der Waals surface area (Å²) in [5, 5.41) is 23.3. The molecule has 18 heavy (non-hydrogen) atoms. The van der Waals surface area contributed by atoms with Gasteiger partial charge in [-0.05, 0) is 19.1 Å². The van der Waals surface area contributed by atoms with Gasteiger partial charge >= 0.3 is 5.97 Å². The summed E-state index contributed by atoms with van der Waals surface area (Å²) in [4.78, 5) is 20.9. The van der Waals surface area contributed by atoms with Crippen molar-refractivity contribution < 1.29 is 14.8 Å². The zero-order chi connectivity index (χ0) is 13.3. The summed E-state index contributed by atoms with van der Waals surface area (Å²) in [7, 11) is 0. The third-order valence-corrected chi connectivity index (χ3v) is 2.47. The number of carboxylic acid groups (broad SMARTS) is 1. The lowest BCUT2D eigenvalue weighted by Crippen LogP contribution is -1.98. The highest BCUT2D eigenvalue weighted by molar-refractivity contribution is 5.86. The molecule has 0 aliphatic rings. The first-order valence-corrected chi connectivity index (χ1v) is 5.02. The standard InChI is InChI=1S/C11H9N3O4/c1-7-4-9(2-3-10(7)14(17)18)13-6-8(5-12-13)11(15)16/h2-6H,1H3,(H,15,16). The summed E-state index contributed by atoms with van der Waals surface area (Å²) < 4.78 is 1.36. The predicted octanol–water partition coefficient (Wildman–Crippen LogP) is 1.79. The Bertz CT molecular complexity index is 633. The molecule has 1 N–H and O–H groups in total. The molecule has 0 fully saturated rings. The number of aryl methyl sites for hydroxylation is 1. The molecule has 1 aromatic heterocycles. The number of nitro groups is 1. The molecule has 0 unspecified atom stereocenters. The fourth-order valence-electron chi connectivity index (χ4n) is 1.56. The Morgan fingerprint density at radius 1 is 1.50 bits per heavy atom. The van der Waals surface area contributed by atoms with Crippen molar-refractivity contribution in [1.29, 1.82) is 0 Å². The first-order chi connectivity index (χ1) is 8.49. The van der Waals surface area contributed by atoms with E-state index in [4.69, 9.17) is 5.11 Å². The van der Waals surface area contributed by atoms with E-state index in [0.29, 0.717) is 11.3 Å². The smallest absolute Gasteiger partial charge is 0.338 e. The van der Waals surface area contributed by atoms with Crippen LogP contribution in [0.3, 0.4) is 0 Å². The first kappa shape index (κ1) is 11.8. The second-order valence-corrected chi connectivity index (χ2v) is 3.71. The third-order valence-electron chi connectivity index (χ3n) is 2.47. The van der Waals surface area contributed by atoms with Crippen LogP contribution in [0.2, 0.25) is 0 Å². The Morgan fingerprint density at radius 3 is 2.72 bits per heavy atom. The van der Waals surface area contributed by atoms with Gasteiger partial charge in [0.25, 0.3) is 5.69 Å². The quantitative estimate of drug-likeness (QED) is 0.658. The Balaban J connectivity index is 2.42. The van der Waals surface area contributed by atoms with Gasteiger partial charge in [0.05, 0.1) is 22.4 Å². The molecule has 0 aliphatic heterocycles. The van der Waals surface area contributed by atoms with Crippen LogP contribution >= 0.6 is 0 Å². The molecule has 0 saturated carbocycles. The number of hydrogen-bond donors (Lipinski definition) is 1. The number of nitro benzene ring substituents is 1. The van der Waals surface area contributed by atoms with Crippen LogP contribution in [-0.2, 0) is 0 Å². The van der Waals surface area contributed by atoms with Crippen molar-refractivity contribution in [1.82, 2.24) is 9.78 Å². The molecule has 92 valence electrons. The molecule has 2 aromatic rings. The zero-order valence-corrected chi connectivity index (χ0v) is 9.40. The van der Waals surface area contributed by atoms with Crippen molar-refractivity contribution in [3.63, 3.8) is 0 Å². The average Bonchev–Trinajstić information content (AvgIpc) is 2.77. The number of benzene rings is 1. The molecule has 2 rings (SSSR count). The van der Waals surface area contributed by atoms with Crippen LogP contribution < -0.4 is 0 Å². The van der Waals surface area contributed by atoms with E-state index < -0.39 is 10.9 Å². The van der Waals surface area contributed by atoms with E-state index in [0.717, 1.165) is 0 Å². The summed E-state index contributed by atoms with van der Waals surface area (Å²) in [6, 6.07) is 4.47. The summed E-state index contributed by atoms with van der Waals surface area (Å²) in [6.07, 6.45) is 2.57. The van der Waals surface area contributed by atoms with E-state index in [1.807, 2.05) is 0 Å². The van der Waals surface area contributed by atoms with Crippen LogP contribution in [0.5, 0.6) is 0 Å². The number of hydrogen-bond acceptors (Lipinski definition) is 4. The van der Waals surface area contributed by atoms with Gasteiger partial charge in [0.1, 0.15) is 0 Å². The summed E-state index contributed by atoms with van der Waals surface area (Å²) >= 11 is 0. The second kappa shape index (κ2) is 4.28. The number of aromatic nitrogens is 2. The first-order valence-electron chi connectivity index (χ1n) is 5.02. The van der Waals surface area contributed by atoms with E-state index in [-0.39, 0.29) is 11.3 Å². The normalized spacial score (nSPS) is 10.3. The van der Waals surface area contributed by atoms with Gasteiger partial charge in [0, 0.05) is 17.8 Å². The van der Waals surface area contributed by atoms with E-state index in [9.17, 15) is 14.9 Å². The van der Waals surface area contributed by atoms with Crippen LogP contribution in [0, 0.1) is 17.0 Å². The van der Waals surface area contributed by atoms with Gasteiger partial charge in [-0.2, -0.15) is 5.10 Å². The maximum atomic E-state index is 10.7. The van der Waals surface area contributed by atoms with Crippen LogP contribution in [-0.4, -0.2) is 25.8 Å².